The van der Waals surface area contributed by atoms with Gasteiger partial charge in [0, 0.05) is 11.8 Å². The number of phosphoric ester groups is 1. The number of phosphoric acid groups is 1. The van der Waals surface area contributed by atoms with E-state index in [4.69, 9.17) is 4.74 Å². The summed E-state index contributed by atoms with van der Waals surface area (Å²) in [6.07, 6.45) is -0.804. The topological polar surface area (TPSA) is 212 Å². The maximum absolute atomic E-state index is 11.9. The van der Waals surface area contributed by atoms with Gasteiger partial charge in [-0.1, -0.05) is 3.97 Å². The molecule has 180 valence electrons. The Labute approximate surface area is 180 Å². The lowest BCUT2D eigenvalue weighted by Gasteiger charge is -2.59. The zero-order valence-corrected chi connectivity index (χ0v) is 19.1. The number of aliphatic hydroxyl groups excluding tert-OH is 1. The van der Waals surface area contributed by atoms with Crippen molar-refractivity contribution >= 4 is 26.2 Å². The highest BCUT2D eigenvalue weighted by molar-refractivity contribution is 7.86. The SMILES string of the molecule is O=P([O-])([O-])OC1C(CC[P+]([O-])(O)OS(=O)(=O)[O-])OC(C23CC4CC(CC(C4)C2)C3)C1O. The van der Waals surface area contributed by atoms with Gasteiger partial charge in [0.25, 0.3) is 18.3 Å². The van der Waals surface area contributed by atoms with Gasteiger partial charge in [0.1, 0.15) is 18.4 Å². The van der Waals surface area contributed by atoms with E-state index in [9.17, 15) is 42.2 Å². The Morgan fingerprint density at radius 1 is 1.13 bits per heavy atom. The third kappa shape index (κ3) is 5.50. The largest absolute Gasteiger partial charge is 0.790 e. The van der Waals surface area contributed by atoms with Gasteiger partial charge in [0.2, 0.25) is 0 Å². The molecule has 2 N–H and O–H groups in total. The maximum atomic E-state index is 11.9. The summed E-state index contributed by atoms with van der Waals surface area (Å²) in [4.78, 5) is 44.0. The highest BCUT2D eigenvalue weighted by Crippen LogP contribution is 2.63. The second-order valence-electron chi connectivity index (χ2n) is 9.52. The van der Waals surface area contributed by atoms with Crippen LogP contribution in [0.5, 0.6) is 0 Å². The van der Waals surface area contributed by atoms with E-state index < -0.39 is 68.6 Å². The molecule has 5 atom stereocenters. The Hall–Kier alpha value is 0.250. The minimum atomic E-state index is -5.53. The van der Waals surface area contributed by atoms with Crippen LogP contribution >= 0.6 is 15.8 Å². The molecule has 0 amide bonds. The van der Waals surface area contributed by atoms with Crippen LogP contribution < -0.4 is 14.7 Å². The smallest absolute Gasteiger partial charge is 0.256 e. The molecule has 0 aromatic carbocycles. The van der Waals surface area contributed by atoms with Crippen molar-refractivity contribution in [2.45, 2.75) is 69.4 Å². The van der Waals surface area contributed by atoms with Gasteiger partial charge >= 0.3 is 0 Å². The summed E-state index contributed by atoms with van der Waals surface area (Å²) in [7, 11) is -15.9. The van der Waals surface area contributed by atoms with Gasteiger partial charge < -0.3 is 38.2 Å². The van der Waals surface area contributed by atoms with Gasteiger partial charge in [-0.3, -0.25) is 0 Å². The summed E-state index contributed by atoms with van der Waals surface area (Å²) < 4.78 is 57.3. The van der Waals surface area contributed by atoms with Crippen LogP contribution in [0.15, 0.2) is 0 Å². The fourth-order valence-electron chi connectivity index (χ4n) is 6.75. The number of rotatable bonds is 8. The van der Waals surface area contributed by atoms with E-state index in [1.54, 1.807) is 0 Å². The Morgan fingerprint density at radius 3 is 2.10 bits per heavy atom. The molecule has 1 aliphatic heterocycles. The number of hydrogen-bond donors (Lipinski definition) is 2. The van der Waals surface area contributed by atoms with Crippen LogP contribution in [0.4, 0.5) is 0 Å². The summed E-state index contributed by atoms with van der Waals surface area (Å²) in [5.74, 6) is 1.46. The molecule has 1 heterocycles. The molecule has 4 saturated carbocycles. The molecule has 4 aliphatic carbocycles. The van der Waals surface area contributed by atoms with Crippen LogP contribution in [0.3, 0.4) is 0 Å². The van der Waals surface area contributed by atoms with Gasteiger partial charge in [-0.05, 0) is 56.3 Å². The molecule has 15 heteroatoms. The van der Waals surface area contributed by atoms with Crippen molar-refractivity contribution in [3.05, 3.63) is 0 Å². The monoisotopic (exact) mass is 503 g/mol. The molecule has 5 fully saturated rings. The molecule has 0 spiro atoms. The third-order valence-corrected chi connectivity index (χ3v) is 10.2. The third-order valence-electron chi connectivity index (χ3n) is 7.18. The van der Waals surface area contributed by atoms with Gasteiger partial charge in [-0.15, -0.1) is 0 Å². The van der Waals surface area contributed by atoms with Crippen molar-refractivity contribution < 1.29 is 55.4 Å². The molecule has 5 unspecified atom stereocenters. The molecule has 0 aromatic heterocycles. The zero-order valence-electron chi connectivity index (χ0n) is 16.5. The van der Waals surface area contributed by atoms with E-state index in [2.05, 4.69) is 8.49 Å². The summed E-state index contributed by atoms with van der Waals surface area (Å²) in [6, 6.07) is 0. The first-order valence-electron chi connectivity index (χ1n) is 10.2. The van der Waals surface area contributed by atoms with Crippen LogP contribution in [0.25, 0.3) is 0 Å². The predicted octanol–water partition coefficient (Wildman–Crippen LogP) is -1.47. The molecule has 1 saturated heterocycles. The molecule has 5 rings (SSSR count). The lowest BCUT2D eigenvalue weighted by Crippen LogP contribution is -2.55. The van der Waals surface area contributed by atoms with E-state index in [1.807, 2.05) is 0 Å². The van der Waals surface area contributed by atoms with Crippen molar-refractivity contribution in [1.29, 1.82) is 0 Å². The molecule has 0 radical (unpaired) electrons. The average Bonchev–Trinajstić information content (AvgIpc) is 2.85. The van der Waals surface area contributed by atoms with Crippen molar-refractivity contribution in [1.82, 2.24) is 0 Å². The quantitative estimate of drug-likeness (QED) is 0.221. The van der Waals surface area contributed by atoms with E-state index >= 15 is 0 Å². The molecule has 12 nitrogen and oxygen atoms in total. The summed E-state index contributed by atoms with van der Waals surface area (Å²) in [5.41, 5.74) is -0.405. The lowest BCUT2D eigenvalue weighted by atomic mass is 9.48. The van der Waals surface area contributed by atoms with Crippen LogP contribution in [0.1, 0.15) is 44.9 Å². The second kappa shape index (κ2) is 8.18. The summed E-state index contributed by atoms with van der Waals surface area (Å²) in [6.45, 7) is 0. The Balaban J connectivity index is 1.52. The highest BCUT2D eigenvalue weighted by Gasteiger charge is 2.60. The van der Waals surface area contributed by atoms with Gasteiger partial charge in [0.05, 0.1) is 20.0 Å². The minimum Gasteiger partial charge on any atom is -0.790 e. The first kappa shape index (κ1) is 24.4. The Kier molecular flexibility index (Phi) is 6.43. The minimum absolute atomic E-state index is 0.405. The molecule has 31 heavy (non-hydrogen) atoms. The van der Waals surface area contributed by atoms with Crippen molar-refractivity contribution in [3.8, 4) is 0 Å². The van der Waals surface area contributed by atoms with Crippen LogP contribution in [0.2, 0.25) is 0 Å². The van der Waals surface area contributed by atoms with Gasteiger partial charge in [-0.2, -0.15) is 0 Å². The van der Waals surface area contributed by atoms with Crippen LogP contribution in [-0.2, 0) is 28.2 Å². The zero-order chi connectivity index (χ0) is 22.8. The Morgan fingerprint density at radius 2 is 1.65 bits per heavy atom. The molecular formula is C16H25O12P2S-3. The van der Waals surface area contributed by atoms with Crippen LogP contribution in [-0.4, -0.2) is 53.5 Å². The van der Waals surface area contributed by atoms with E-state index in [0.717, 1.165) is 38.5 Å². The maximum Gasteiger partial charge on any atom is 0.256 e. The lowest BCUT2D eigenvalue weighted by molar-refractivity contribution is -0.347. The summed E-state index contributed by atoms with van der Waals surface area (Å²) in [5, 5.41) is 10.9. The Bertz CT molecular complexity index is 806. The van der Waals surface area contributed by atoms with Crippen molar-refractivity contribution in [2.75, 3.05) is 6.16 Å². The van der Waals surface area contributed by atoms with Gasteiger partial charge in [0.15, 0.2) is 0 Å². The highest BCUT2D eigenvalue weighted by atomic mass is 32.3. The van der Waals surface area contributed by atoms with Crippen molar-refractivity contribution in [3.63, 3.8) is 0 Å². The second-order valence-corrected chi connectivity index (χ2v) is 13.8. The molecule has 4 bridgehead atoms. The van der Waals surface area contributed by atoms with E-state index in [1.165, 1.54) is 0 Å². The summed E-state index contributed by atoms with van der Waals surface area (Å²) >= 11 is 0. The predicted molar refractivity (Wildman–Crippen MR) is 97.2 cm³/mol. The number of hydrogen-bond acceptors (Lipinski definition) is 12. The first-order valence-corrected chi connectivity index (χ1v) is 14.7. The van der Waals surface area contributed by atoms with Crippen LogP contribution in [0, 0.1) is 23.2 Å². The normalized spacial score (nSPS) is 44.5. The van der Waals surface area contributed by atoms with Gasteiger partial charge in [-0.25, -0.2) is 13.3 Å². The molecule has 0 aromatic rings. The molecular weight excluding hydrogens is 478 g/mol. The number of ether oxygens (including phenoxy) is 1. The van der Waals surface area contributed by atoms with E-state index in [-0.39, 0.29) is 0 Å². The van der Waals surface area contributed by atoms with Crippen molar-refractivity contribution in [2.24, 2.45) is 23.2 Å². The fourth-order valence-corrected chi connectivity index (χ4v) is 9.33. The standard InChI is InChI=1S/C16H28O12P2S/c17-13-14(27-30(20,21)22)12(1-2-29(18,19)28-31(23,24)25)26-15(13)16-6-9-3-10(7-16)5-11(4-9)8-16/h9-15,17H,1-8H2,(H,18,19)(H2,20,21,22)(H,23,24,25)/p-3. The first-order chi connectivity index (χ1) is 14.1. The van der Waals surface area contributed by atoms with E-state index in [0.29, 0.717) is 17.8 Å². The average molecular weight is 503 g/mol. The molecule has 5 aliphatic rings. The number of aliphatic hydroxyl groups is 1. The fraction of sp³-hybridized carbons (Fsp3) is 1.00.